The number of hydrogen-bond acceptors (Lipinski definition) is 5. The average molecular weight is 277 g/mol. The van der Waals surface area contributed by atoms with Gasteiger partial charge in [-0.15, -0.1) is 0 Å². The van der Waals surface area contributed by atoms with E-state index in [0.29, 0.717) is 37.3 Å². The van der Waals surface area contributed by atoms with Crippen molar-refractivity contribution in [3.63, 3.8) is 0 Å². The summed E-state index contributed by atoms with van der Waals surface area (Å²) < 4.78 is 5.30. The van der Waals surface area contributed by atoms with Crippen molar-refractivity contribution in [3.05, 3.63) is 35.4 Å². The van der Waals surface area contributed by atoms with Crippen molar-refractivity contribution in [1.29, 1.82) is 0 Å². The van der Waals surface area contributed by atoms with Crippen LogP contribution in [-0.2, 0) is 14.4 Å². The number of ketones is 2. The Bertz CT molecular complexity index is 496. The van der Waals surface area contributed by atoms with Crippen LogP contribution in [0.5, 0.6) is 0 Å². The molecule has 0 atom stereocenters. The monoisotopic (exact) mass is 277 g/mol. The molecule has 1 aliphatic carbocycles. The highest BCUT2D eigenvalue weighted by Gasteiger charge is 2.34. The summed E-state index contributed by atoms with van der Waals surface area (Å²) in [7, 11) is 0. The fraction of sp³-hybridized carbons (Fsp3) is 0.467. The lowest BCUT2D eigenvalue weighted by Crippen LogP contribution is -2.29. The van der Waals surface area contributed by atoms with Gasteiger partial charge >= 0.3 is 0 Å². The number of carbonyl (C=O) groups excluding carboxylic acids is 2. The van der Waals surface area contributed by atoms with Gasteiger partial charge in [0.05, 0.1) is 24.1 Å². The topological polar surface area (TPSA) is 68.5 Å². The Hall–Kier alpha value is -1.88. The van der Waals surface area contributed by atoms with E-state index >= 15 is 0 Å². The molecule has 0 radical (unpaired) electrons. The Morgan fingerprint density at radius 3 is 2.55 bits per heavy atom. The average Bonchev–Trinajstić information content (AvgIpc) is 2.95. The van der Waals surface area contributed by atoms with E-state index in [1.54, 1.807) is 18.4 Å². The van der Waals surface area contributed by atoms with Crippen LogP contribution in [0.25, 0.3) is 0 Å². The van der Waals surface area contributed by atoms with Gasteiger partial charge in [-0.25, -0.2) is 0 Å². The molecule has 1 aliphatic rings. The molecular formula is C15H19NO4. The van der Waals surface area contributed by atoms with Crippen molar-refractivity contribution < 1.29 is 18.8 Å². The van der Waals surface area contributed by atoms with Crippen molar-refractivity contribution in [2.24, 2.45) is 0 Å². The molecule has 0 aliphatic heterocycles. The Labute approximate surface area is 117 Å². The molecule has 1 fully saturated rings. The molecule has 1 aromatic heterocycles. The fourth-order valence-electron chi connectivity index (χ4n) is 2.40. The lowest BCUT2D eigenvalue weighted by atomic mass is 9.81. The lowest BCUT2D eigenvalue weighted by molar-refractivity contribution is -0.124. The van der Waals surface area contributed by atoms with Crippen LogP contribution in [0.1, 0.15) is 44.8 Å². The number of hydrogen-bond donors (Lipinski definition) is 1. The third-order valence-corrected chi connectivity index (χ3v) is 3.36. The van der Waals surface area contributed by atoms with Gasteiger partial charge < -0.3 is 4.42 Å². The number of allylic oxidation sites excluding steroid dienone is 2. The zero-order valence-electron chi connectivity index (χ0n) is 11.8. The van der Waals surface area contributed by atoms with E-state index in [1.807, 2.05) is 13.8 Å². The van der Waals surface area contributed by atoms with Crippen molar-refractivity contribution >= 4 is 11.6 Å². The van der Waals surface area contributed by atoms with E-state index in [0.717, 1.165) is 0 Å². The van der Waals surface area contributed by atoms with Crippen LogP contribution in [0, 0.1) is 0 Å². The first-order valence-corrected chi connectivity index (χ1v) is 6.88. The predicted octanol–water partition coefficient (Wildman–Crippen LogP) is 2.50. The Balaban J connectivity index is 2.20. The van der Waals surface area contributed by atoms with Crippen LogP contribution in [0.3, 0.4) is 0 Å². The molecule has 0 saturated heterocycles. The van der Waals surface area contributed by atoms with Crippen molar-refractivity contribution in [2.45, 2.75) is 39.0 Å². The molecule has 0 amide bonds. The molecule has 1 saturated carbocycles. The quantitative estimate of drug-likeness (QED) is 0.509. The second kappa shape index (κ2) is 6.52. The Kier molecular flexibility index (Phi) is 4.74. The molecule has 20 heavy (non-hydrogen) atoms. The number of rotatable bonds is 5. The molecule has 108 valence electrons. The molecule has 0 aromatic carbocycles. The highest BCUT2D eigenvalue weighted by molar-refractivity contribution is 6.22. The third kappa shape index (κ3) is 2.99. The van der Waals surface area contributed by atoms with Gasteiger partial charge in [0.1, 0.15) is 5.76 Å². The summed E-state index contributed by atoms with van der Waals surface area (Å²) in [5.41, 5.74) is 3.54. The summed E-state index contributed by atoms with van der Waals surface area (Å²) >= 11 is 0. The van der Waals surface area contributed by atoms with Crippen LogP contribution < -0.4 is 5.48 Å². The van der Waals surface area contributed by atoms with Gasteiger partial charge in [-0.2, -0.15) is 0 Å². The molecule has 5 heteroatoms. The molecule has 0 spiro atoms. The largest absolute Gasteiger partial charge is 0.469 e. The van der Waals surface area contributed by atoms with Crippen LogP contribution >= 0.6 is 0 Å². The van der Waals surface area contributed by atoms with E-state index in [4.69, 9.17) is 9.25 Å². The molecule has 0 bridgehead atoms. The molecule has 1 heterocycles. The van der Waals surface area contributed by atoms with Gasteiger partial charge in [-0.1, -0.05) is 6.92 Å². The van der Waals surface area contributed by atoms with E-state index in [9.17, 15) is 9.59 Å². The fourth-order valence-corrected chi connectivity index (χ4v) is 2.40. The molecule has 1 aromatic rings. The maximum absolute atomic E-state index is 12.3. The minimum atomic E-state index is -0.154. The van der Waals surface area contributed by atoms with E-state index in [-0.39, 0.29) is 23.1 Å². The summed E-state index contributed by atoms with van der Waals surface area (Å²) in [6, 6.07) is 3.57. The molecule has 5 nitrogen and oxygen atoms in total. The van der Waals surface area contributed by atoms with Crippen molar-refractivity contribution in [1.82, 2.24) is 5.48 Å². The Morgan fingerprint density at radius 2 is 2.05 bits per heavy atom. The highest BCUT2D eigenvalue weighted by Crippen LogP contribution is 2.32. The maximum Gasteiger partial charge on any atom is 0.169 e. The molecule has 0 unspecified atom stereocenters. The lowest BCUT2D eigenvalue weighted by Gasteiger charge is -2.22. The molecule has 2 rings (SSSR count). The van der Waals surface area contributed by atoms with Crippen LogP contribution in [0.2, 0.25) is 0 Å². The standard InChI is InChI=1S/C15H19NO4/c1-3-11(16-20-4-2)15-12(17)8-10(9-13(15)18)14-6-5-7-19-14/h5-7,10,16H,3-4,8-9H2,1-2H3. The number of Topliss-reactive ketones (excluding diaryl/α,β-unsaturated/α-hetero) is 2. The smallest absolute Gasteiger partial charge is 0.169 e. The van der Waals surface area contributed by atoms with Gasteiger partial charge in [-0.05, 0) is 25.5 Å². The second-order valence-corrected chi connectivity index (χ2v) is 4.71. The highest BCUT2D eigenvalue weighted by atomic mass is 16.6. The number of nitrogens with one attached hydrogen (secondary N) is 1. The maximum atomic E-state index is 12.3. The van der Waals surface area contributed by atoms with Crippen LogP contribution in [-0.4, -0.2) is 18.2 Å². The summed E-state index contributed by atoms with van der Waals surface area (Å²) in [5.74, 6) is 0.249. The molecule has 1 N–H and O–H groups in total. The van der Waals surface area contributed by atoms with Crippen LogP contribution in [0.15, 0.2) is 34.1 Å². The zero-order chi connectivity index (χ0) is 14.5. The van der Waals surface area contributed by atoms with E-state index in [2.05, 4.69) is 5.48 Å². The van der Waals surface area contributed by atoms with Crippen LogP contribution in [0.4, 0.5) is 0 Å². The number of furan rings is 1. The van der Waals surface area contributed by atoms with Crippen molar-refractivity contribution in [3.8, 4) is 0 Å². The van der Waals surface area contributed by atoms with Gasteiger partial charge in [-0.3, -0.25) is 19.9 Å². The zero-order valence-corrected chi connectivity index (χ0v) is 11.8. The summed E-state index contributed by atoms with van der Waals surface area (Å²) in [6.45, 7) is 4.18. The first-order valence-electron chi connectivity index (χ1n) is 6.88. The molecular weight excluding hydrogens is 258 g/mol. The first-order chi connectivity index (χ1) is 9.67. The van der Waals surface area contributed by atoms with Crippen molar-refractivity contribution in [2.75, 3.05) is 6.61 Å². The van der Waals surface area contributed by atoms with Gasteiger partial charge in [0.25, 0.3) is 0 Å². The van der Waals surface area contributed by atoms with Gasteiger partial charge in [0.15, 0.2) is 11.6 Å². The number of carbonyl (C=O) groups is 2. The van der Waals surface area contributed by atoms with E-state index in [1.165, 1.54) is 0 Å². The normalized spacial score (nSPS) is 19.3. The summed E-state index contributed by atoms with van der Waals surface area (Å²) in [5, 5.41) is 0. The Morgan fingerprint density at radius 1 is 1.35 bits per heavy atom. The predicted molar refractivity (Wildman–Crippen MR) is 72.8 cm³/mol. The SMILES string of the molecule is CCONC(CC)=C1C(=O)CC(c2ccco2)CC1=O. The van der Waals surface area contributed by atoms with Gasteiger partial charge in [0, 0.05) is 18.8 Å². The second-order valence-electron chi connectivity index (χ2n) is 4.71. The third-order valence-electron chi connectivity index (χ3n) is 3.36. The summed E-state index contributed by atoms with van der Waals surface area (Å²) in [6.07, 6.45) is 2.71. The minimum Gasteiger partial charge on any atom is -0.469 e. The van der Waals surface area contributed by atoms with Gasteiger partial charge in [0.2, 0.25) is 0 Å². The first kappa shape index (κ1) is 14.5. The van der Waals surface area contributed by atoms with E-state index < -0.39 is 0 Å². The summed E-state index contributed by atoms with van der Waals surface area (Å²) in [4.78, 5) is 29.6. The number of hydroxylamine groups is 1. The minimum absolute atomic E-state index is 0.147.